The summed E-state index contributed by atoms with van der Waals surface area (Å²) in [6, 6.07) is 0.711. The van der Waals surface area contributed by atoms with Crippen LogP contribution >= 0.6 is 0 Å². The summed E-state index contributed by atoms with van der Waals surface area (Å²) in [4.78, 5) is 0. The Morgan fingerprint density at radius 1 is 1.14 bits per heavy atom. The normalized spacial score (nSPS) is 24.9. The van der Waals surface area contributed by atoms with Crippen LogP contribution in [0.4, 0.5) is 0 Å². The standard InChI is InChI=1S/C8H17NO.C2H6.H2O.U/c1-9-8-4-2-7(6-10)3-5-8;1-2;;/h7-10H,2-6H2,1H3;1-2H3;1H2;. The minimum absolute atomic E-state index is 0. The third-order valence-electron chi connectivity index (χ3n) is 2.51. The van der Waals surface area contributed by atoms with Crippen molar-refractivity contribution in [1.82, 2.24) is 5.32 Å². The Labute approximate surface area is 112 Å². The van der Waals surface area contributed by atoms with Crippen LogP contribution in [0.3, 0.4) is 0 Å². The van der Waals surface area contributed by atoms with Crippen molar-refractivity contribution in [2.75, 3.05) is 13.7 Å². The molecule has 0 unspecified atom stereocenters. The van der Waals surface area contributed by atoms with Crippen LogP contribution in [0.1, 0.15) is 39.5 Å². The number of aliphatic hydroxyl groups excluding tert-OH is 1. The van der Waals surface area contributed by atoms with E-state index in [1.807, 2.05) is 20.9 Å². The second-order valence-corrected chi connectivity index (χ2v) is 3.19. The van der Waals surface area contributed by atoms with Crippen LogP contribution in [0.5, 0.6) is 0 Å². The smallest absolute Gasteiger partial charge is 0.0459 e. The molecule has 0 heterocycles. The molecule has 0 atom stereocenters. The zero-order chi connectivity index (χ0) is 9.40. The van der Waals surface area contributed by atoms with Gasteiger partial charge in [-0.2, -0.15) is 0 Å². The minimum atomic E-state index is 0. The molecule has 0 aliphatic heterocycles. The van der Waals surface area contributed by atoms with Crippen LogP contribution in [0.15, 0.2) is 0 Å². The van der Waals surface area contributed by atoms with E-state index in [9.17, 15) is 0 Å². The summed E-state index contributed by atoms with van der Waals surface area (Å²) in [7, 11) is 2.02. The van der Waals surface area contributed by atoms with E-state index in [2.05, 4.69) is 5.32 Å². The SMILES string of the molecule is CC.CNC1CCC(CO)CC1.O.[U]. The van der Waals surface area contributed by atoms with Crippen LogP contribution in [-0.2, 0) is 0 Å². The molecule has 4 N–H and O–H groups in total. The fourth-order valence-corrected chi connectivity index (χ4v) is 1.63. The minimum Gasteiger partial charge on any atom is -0.412 e. The summed E-state index contributed by atoms with van der Waals surface area (Å²) >= 11 is 0. The first-order valence-electron chi connectivity index (χ1n) is 5.15. The molecule has 4 heteroatoms. The molecule has 0 aromatic rings. The molecule has 1 saturated carbocycles. The van der Waals surface area contributed by atoms with E-state index in [-0.39, 0.29) is 36.6 Å². The Bertz CT molecular complexity index is 84.1. The molecule has 1 rings (SSSR count). The molecule has 1 fully saturated rings. The zero-order valence-electron chi connectivity index (χ0n) is 9.64. The zero-order valence-corrected chi connectivity index (χ0v) is 13.8. The topological polar surface area (TPSA) is 63.8 Å². The van der Waals surface area contributed by atoms with E-state index in [1.54, 1.807) is 0 Å². The first kappa shape index (κ1) is 20.4. The van der Waals surface area contributed by atoms with Crippen LogP contribution < -0.4 is 5.32 Å². The van der Waals surface area contributed by atoms with Gasteiger partial charge in [-0.25, -0.2) is 0 Å². The summed E-state index contributed by atoms with van der Waals surface area (Å²) in [5.74, 6) is 0.588. The maximum Gasteiger partial charge on any atom is 0.0459 e. The summed E-state index contributed by atoms with van der Waals surface area (Å²) in [5.41, 5.74) is 0. The van der Waals surface area contributed by atoms with Crippen molar-refractivity contribution in [1.29, 1.82) is 0 Å². The summed E-state index contributed by atoms with van der Waals surface area (Å²) in [6.45, 7) is 4.39. The van der Waals surface area contributed by atoms with Crippen molar-refractivity contribution in [3.63, 3.8) is 0 Å². The molecule has 0 radical (unpaired) electrons. The molecule has 1 aliphatic carbocycles. The van der Waals surface area contributed by atoms with Gasteiger partial charge in [0.2, 0.25) is 0 Å². The van der Waals surface area contributed by atoms with Crippen LogP contribution in [-0.4, -0.2) is 30.3 Å². The summed E-state index contributed by atoms with van der Waals surface area (Å²) < 4.78 is 0. The third-order valence-corrected chi connectivity index (χ3v) is 2.51. The van der Waals surface area contributed by atoms with Gasteiger partial charge in [-0.05, 0) is 38.6 Å². The summed E-state index contributed by atoms with van der Waals surface area (Å²) in [5, 5.41) is 12.1. The van der Waals surface area contributed by atoms with Crippen molar-refractivity contribution in [3.05, 3.63) is 0 Å². The Balaban J connectivity index is -0.000000284. The summed E-state index contributed by atoms with van der Waals surface area (Å²) in [6.07, 6.45) is 4.87. The molecule has 0 amide bonds. The van der Waals surface area contributed by atoms with E-state index in [0.717, 1.165) is 0 Å². The molecule has 0 bridgehead atoms. The maximum atomic E-state index is 8.83. The average Bonchev–Trinajstić information content (AvgIpc) is 2.21. The molecule has 0 spiro atoms. The molecule has 0 saturated heterocycles. The number of hydrogen-bond donors (Lipinski definition) is 2. The van der Waals surface area contributed by atoms with E-state index in [1.165, 1.54) is 25.7 Å². The number of nitrogens with one attached hydrogen (secondary N) is 1. The average molecular weight is 429 g/mol. The monoisotopic (exact) mass is 429 g/mol. The second kappa shape index (κ2) is 13.9. The molecule has 1 aliphatic rings. The predicted octanol–water partition coefficient (Wildman–Crippen LogP) is 0.958. The van der Waals surface area contributed by atoms with Crippen molar-refractivity contribution < 1.29 is 41.7 Å². The van der Waals surface area contributed by atoms with Gasteiger partial charge in [-0.15, -0.1) is 0 Å². The molecular formula is C10H25NO2U. The van der Waals surface area contributed by atoms with E-state index in [0.29, 0.717) is 18.6 Å². The van der Waals surface area contributed by atoms with Gasteiger partial charge in [-0.1, -0.05) is 13.8 Å². The Morgan fingerprint density at radius 2 is 1.57 bits per heavy atom. The maximum absolute atomic E-state index is 8.83. The van der Waals surface area contributed by atoms with Gasteiger partial charge >= 0.3 is 0 Å². The fraction of sp³-hybridized carbons (Fsp3) is 1.00. The predicted molar refractivity (Wildman–Crippen MR) is 56.9 cm³/mol. The molecule has 0 aromatic heterocycles. The van der Waals surface area contributed by atoms with Crippen molar-refractivity contribution in [2.45, 2.75) is 45.6 Å². The van der Waals surface area contributed by atoms with E-state index < -0.39 is 0 Å². The molecule has 14 heavy (non-hydrogen) atoms. The Kier molecular flexibility index (Phi) is 20.3. The van der Waals surface area contributed by atoms with Crippen LogP contribution in [0, 0.1) is 37.0 Å². The van der Waals surface area contributed by atoms with Crippen LogP contribution in [0.25, 0.3) is 0 Å². The first-order valence-corrected chi connectivity index (χ1v) is 5.15. The number of aliphatic hydroxyl groups is 1. The van der Waals surface area contributed by atoms with Crippen molar-refractivity contribution in [2.24, 2.45) is 5.92 Å². The van der Waals surface area contributed by atoms with Crippen molar-refractivity contribution >= 4 is 0 Å². The molecule has 3 nitrogen and oxygen atoms in total. The van der Waals surface area contributed by atoms with Gasteiger partial charge < -0.3 is 15.9 Å². The van der Waals surface area contributed by atoms with Crippen LogP contribution in [0.2, 0.25) is 0 Å². The van der Waals surface area contributed by atoms with Gasteiger partial charge in [0.15, 0.2) is 0 Å². The molecule has 0 aromatic carbocycles. The van der Waals surface area contributed by atoms with E-state index in [4.69, 9.17) is 5.11 Å². The van der Waals surface area contributed by atoms with Gasteiger partial charge in [0.1, 0.15) is 0 Å². The Hall–Kier alpha value is 0.932. The number of hydrogen-bond acceptors (Lipinski definition) is 2. The van der Waals surface area contributed by atoms with Gasteiger partial charge in [0, 0.05) is 43.8 Å². The third kappa shape index (κ3) is 8.26. The number of rotatable bonds is 2. The first-order chi connectivity index (χ1) is 5.86. The fourth-order valence-electron chi connectivity index (χ4n) is 1.63. The van der Waals surface area contributed by atoms with Gasteiger partial charge in [0.25, 0.3) is 0 Å². The molecule has 86 valence electrons. The van der Waals surface area contributed by atoms with Gasteiger partial charge in [-0.3, -0.25) is 0 Å². The second-order valence-electron chi connectivity index (χ2n) is 3.19. The van der Waals surface area contributed by atoms with Gasteiger partial charge in [0.05, 0.1) is 0 Å². The quantitative estimate of drug-likeness (QED) is 0.687. The van der Waals surface area contributed by atoms with Crippen molar-refractivity contribution in [3.8, 4) is 0 Å². The molecular weight excluding hydrogens is 404 g/mol. The largest absolute Gasteiger partial charge is 0.412 e. The van der Waals surface area contributed by atoms with E-state index >= 15 is 0 Å². The Morgan fingerprint density at radius 3 is 1.86 bits per heavy atom.